The summed E-state index contributed by atoms with van der Waals surface area (Å²) in [6.07, 6.45) is 1.39. The molecule has 0 saturated heterocycles. The Labute approximate surface area is 166 Å². The fraction of sp³-hybridized carbons (Fsp3) is 0.211. The zero-order valence-corrected chi connectivity index (χ0v) is 16.5. The molecule has 3 rings (SSSR count). The minimum atomic E-state index is -0.497. The molecule has 1 N–H and O–H groups in total. The number of aromatic nitrogens is 2. The Bertz CT molecular complexity index is 1000. The van der Waals surface area contributed by atoms with E-state index < -0.39 is 5.91 Å². The molecule has 8 heteroatoms. The lowest BCUT2D eigenvalue weighted by molar-refractivity contribution is 0.101. The monoisotopic (exact) mass is 405 g/mol. The van der Waals surface area contributed by atoms with Crippen molar-refractivity contribution in [2.45, 2.75) is 27.4 Å². The molecule has 140 valence electrons. The van der Waals surface area contributed by atoms with E-state index in [-0.39, 0.29) is 23.1 Å². The van der Waals surface area contributed by atoms with Gasteiger partial charge in [-0.15, -0.1) is 0 Å². The SMILES string of the molecule is Cc1ccc(C)c(OCc2c(C(=O)Nc3ncc(Cl)cc3Cl)noc2C)c1. The number of hydrogen-bond donors (Lipinski definition) is 1. The summed E-state index contributed by atoms with van der Waals surface area (Å²) >= 11 is 11.9. The van der Waals surface area contributed by atoms with Gasteiger partial charge in [-0.2, -0.15) is 0 Å². The minimum Gasteiger partial charge on any atom is -0.488 e. The highest BCUT2D eigenvalue weighted by atomic mass is 35.5. The molecule has 6 nitrogen and oxygen atoms in total. The number of amides is 1. The summed E-state index contributed by atoms with van der Waals surface area (Å²) in [4.78, 5) is 16.6. The van der Waals surface area contributed by atoms with Crippen LogP contribution in [-0.2, 0) is 6.61 Å². The third-order valence-corrected chi connectivity index (χ3v) is 4.45. The molecule has 0 unspecified atom stereocenters. The molecule has 3 aromatic rings. The molecule has 27 heavy (non-hydrogen) atoms. The van der Waals surface area contributed by atoms with Gasteiger partial charge in [-0.25, -0.2) is 4.98 Å². The van der Waals surface area contributed by atoms with Crippen LogP contribution in [0.25, 0.3) is 0 Å². The predicted octanol–water partition coefficient (Wildman–Crippen LogP) is 5.13. The molecule has 0 spiro atoms. The molecule has 0 atom stereocenters. The Hall–Kier alpha value is -2.57. The van der Waals surface area contributed by atoms with Crippen LogP contribution in [0.4, 0.5) is 5.82 Å². The van der Waals surface area contributed by atoms with E-state index in [0.717, 1.165) is 16.9 Å². The van der Waals surface area contributed by atoms with Crippen LogP contribution in [0, 0.1) is 20.8 Å². The topological polar surface area (TPSA) is 77.2 Å². The van der Waals surface area contributed by atoms with Crippen molar-refractivity contribution in [1.82, 2.24) is 10.1 Å². The summed E-state index contributed by atoms with van der Waals surface area (Å²) in [5.41, 5.74) is 2.75. The predicted molar refractivity (Wildman–Crippen MR) is 104 cm³/mol. The first-order valence-corrected chi connectivity index (χ1v) is 8.88. The molecule has 0 bridgehead atoms. The molecule has 0 radical (unpaired) electrons. The smallest absolute Gasteiger partial charge is 0.279 e. The molecule has 2 aromatic heterocycles. The van der Waals surface area contributed by atoms with E-state index in [0.29, 0.717) is 16.3 Å². The van der Waals surface area contributed by atoms with Crippen molar-refractivity contribution in [3.8, 4) is 5.75 Å². The summed E-state index contributed by atoms with van der Waals surface area (Å²) in [6.45, 7) is 5.80. The first-order chi connectivity index (χ1) is 12.8. The van der Waals surface area contributed by atoms with Crippen molar-refractivity contribution in [2.75, 3.05) is 5.32 Å². The number of ether oxygens (including phenoxy) is 1. The fourth-order valence-electron chi connectivity index (χ4n) is 2.43. The molecule has 0 fully saturated rings. The van der Waals surface area contributed by atoms with Gasteiger partial charge in [-0.05, 0) is 44.0 Å². The molecule has 1 amide bonds. The van der Waals surface area contributed by atoms with Gasteiger partial charge in [0.25, 0.3) is 5.91 Å². The first-order valence-electron chi connectivity index (χ1n) is 8.12. The number of nitrogens with zero attached hydrogens (tertiary/aromatic N) is 2. The number of anilines is 1. The Morgan fingerprint density at radius 2 is 2.00 bits per heavy atom. The van der Waals surface area contributed by atoms with E-state index >= 15 is 0 Å². The van der Waals surface area contributed by atoms with Crippen LogP contribution < -0.4 is 10.1 Å². The number of carbonyl (C=O) groups is 1. The Morgan fingerprint density at radius 1 is 1.22 bits per heavy atom. The summed E-state index contributed by atoms with van der Waals surface area (Å²) in [7, 11) is 0. The largest absolute Gasteiger partial charge is 0.488 e. The number of nitrogens with one attached hydrogen (secondary N) is 1. The molecule has 0 aliphatic rings. The van der Waals surface area contributed by atoms with E-state index in [1.165, 1.54) is 12.3 Å². The second-order valence-electron chi connectivity index (χ2n) is 6.06. The molecule has 2 heterocycles. The minimum absolute atomic E-state index is 0.116. The summed E-state index contributed by atoms with van der Waals surface area (Å²) in [5.74, 6) is 0.932. The first kappa shape index (κ1) is 19.2. The quantitative estimate of drug-likeness (QED) is 0.636. The summed E-state index contributed by atoms with van der Waals surface area (Å²) < 4.78 is 11.1. The maximum atomic E-state index is 12.6. The van der Waals surface area contributed by atoms with Crippen LogP contribution >= 0.6 is 23.2 Å². The Morgan fingerprint density at radius 3 is 2.74 bits per heavy atom. The fourth-order valence-corrected chi connectivity index (χ4v) is 2.85. The lowest BCUT2D eigenvalue weighted by atomic mass is 10.1. The van der Waals surface area contributed by atoms with Crippen molar-refractivity contribution in [2.24, 2.45) is 0 Å². The van der Waals surface area contributed by atoms with E-state index in [1.54, 1.807) is 6.92 Å². The summed E-state index contributed by atoms with van der Waals surface area (Å²) in [6, 6.07) is 7.42. The molecular formula is C19H17Cl2N3O3. The highest BCUT2D eigenvalue weighted by Gasteiger charge is 2.22. The number of rotatable bonds is 5. The standard InChI is InChI=1S/C19H17Cl2N3O3/c1-10-4-5-11(2)16(6-10)26-9-14-12(3)27-24-17(14)19(25)23-18-15(21)7-13(20)8-22-18/h4-8H,9H2,1-3H3,(H,22,23,25). The van der Waals surface area contributed by atoms with Crippen LogP contribution in [-0.4, -0.2) is 16.0 Å². The number of aryl methyl sites for hydroxylation is 3. The van der Waals surface area contributed by atoms with E-state index in [4.69, 9.17) is 32.5 Å². The lowest BCUT2D eigenvalue weighted by Crippen LogP contribution is -2.16. The van der Waals surface area contributed by atoms with Crippen LogP contribution in [0.5, 0.6) is 5.75 Å². The van der Waals surface area contributed by atoms with Crippen LogP contribution in [0.15, 0.2) is 35.0 Å². The van der Waals surface area contributed by atoms with Crippen molar-refractivity contribution < 1.29 is 14.1 Å². The molecule has 0 saturated carbocycles. The van der Waals surface area contributed by atoms with Gasteiger partial charge in [0.05, 0.1) is 15.6 Å². The van der Waals surface area contributed by atoms with Crippen LogP contribution in [0.1, 0.15) is 32.9 Å². The van der Waals surface area contributed by atoms with E-state index in [1.807, 2.05) is 32.0 Å². The molecule has 0 aliphatic heterocycles. The zero-order chi connectivity index (χ0) is 19.6. The lowest BCUT2D eigenvalue weighted by Gasteiger charge is -2.10. The maximum Gasteiger partial charge on any atom is 0.279 e. The van der Waals surface area contributed by atoms with Gasteiger partial charge >= 0.3 is 0 Å². The van der Waals surface area contributed by atoms with E-state index in [9.17, 15) is 4.79 Å². The normalized spacial score (nSPS) is 10.7. The molecule has 1 aromatic carbocycles. The number of benzene rings is 1. The highest BCUT2D eigenvalue weighted by molar-refractivity contribution is 6.36. The Kier molecular flexibility index (Phi) is 5.68. The second-order valence-corrected chi connectivity index (χ2v) is 6.91. The number of halogens is 2. The second kappa shape index (κ2) is 7.98. The number of pyridine rings is 1. The van der Waals surface area contributed by atoms with Crippen molar-refractivity contribution in [3.63, 3.8) is 0 Å². The average molecular weight is 406 g/mol. The Balaban J connectivity index is 1.79. The van der Waals surface area contributed by atoms with Crippen LogP contribution in [0.3, 0.4) is 0 Å². The van der Waals surface area contributed by atoms with Crippen LogP contribution in [0.2, 0.25) is 10.0 Å². The molecule has 0 aliphatic carbocycles. The van der Waals surface area contributed by atoms with Gasteiger partial charge in [-0.3, -0.25) is 4.79 Å². The zero-order valence-electron chi connectivity index (χ0n) is 15.0. The summed E-state index contributed by atoms with van der Waals surface area (Å²) in [5, 5.41) is 7.05. The third-order valence-electron chi connectivity index (χ3n) is 3.96. The third kappa shape index (κ3) is 4.40. The van der Waals surface area contributed by atoms with Gasteiger partial charge in [0.2, 0.25) is 0 Å². The number of hydrogen-bond acceptors (Lipinski definition) is 5. The van der Waals surface area contributed by atoms with Crippen molar-refractivity contribution in [1.29, 1.82) is 0 Å². The van der Waals surface area contributed by atoms with Gasteiger partial charge in [0.1, 0.15) is 18.1 Å². The number of carbonyl (C=O) groups excluding carboxylic acids is 1. The average Bonchev–Trinajstić information content (AvgIpc) is 2.99. The van der Waals surface area contributed by atoms with Crippen molar-refractivity contribution >= 4 is 34.9 Å². The van der Waals surface area contributed by atoms with E-state index in [2.05, 4.69) is 15.5 Å². The maximum absolute atomic E-state index is 12.6. The van der Waals surface area contributed by atoms with Gasteiger partial charge < -0.3 is 14.6 Å². The van der Waals surface area contributed by atoms with Gasteiger partial charge in [0.15, 0.2) is 11.5 Å². The highest BCUT2D eigenvalue weighted by Crippen LogP contribution is 2.25. The van der Waals surface area contributed by atoms with Gasteiger partial charge in [-0.1, -0.05) is 40.5 Å². The van der Waals surface area contributed by atoms with Gasteiger partial charge in [0, 0.05) is 6.20 Å². The van der Waals surface area contributed by atoms with Crippen molar-refractivity contribution in [3.05, 3.63) is 68.7 Å². The molecular weight excluding hydrogens is 389 g/mol.